The summed E-state index contributed by atoms with van der Waals surface area (Å²) in [5.74, 6) is -0.760. The van der Waals surface area contributed by atoms with Gasteiger partial charge in [0.05, 0.1) is 12.5 Å². The Hall–Kier alpha value is -2.53. The smallest absolute Gasteiger partial charge is 0.306 e. The lowest BCUT2D eigenvalue weighted by Gasteiger charge is -2.36. The zero-order valence-electron chi connectivity index (χ0n) is 19.5. The number of piperidine rings is 1. The van der Waals surface area contributed by atoms with Gasteiger partial charge in [0.25, 0.3) is 0 Å². The minimum atomic E-state index is -3.78. The van der Waals surface area contributed by atoms with Crippen molar-refractivity contribution in [2.75, 3.05) is 19.7 Å². The third-order valence-corrected chi connectivity index (χ3v) is 7.28. The van der Waals surface area contributed by atoms with Crippen LogP contribution in [0.4, 0.5) is 4.39 Å². The van der Waals surface area contributed by atoms with Gasteiger partial charge < -0.3 is 15.2 Å². The highest BCUT2D eigenvalue weighted by Gasteiger charge is 2.39. The van der Waals surface area contributed by atoms with Crippen molar-refractivity contribution in [3.63, 3.8) is 0 Å². The van der Waals surface area contributed by atoms with Crippen LogP contribution in [0, 0.1) is 5.41 Å². The molecule has 33 heavy (non-hydrogen) atoms. The van der Waals surface area contributed by atoms with E-state index >= 15 is 0 Å². The molecule has 9 nitrogen and oxygen atoms in total. The van der Waals surface area contributed by atoms with Crippen molar-refractivity contribution in [3.8, 4) is 5.88 Å². The fraction of sp³-hybridized carbons (Fsp3) is 0.591. The van der Waals surface area contributed by atoms with Gasteiger partial charge in [-0.15, -0.1) is 0 Å². The number of nitrogens with two attached hydrogens (primary N) is 1. The molecule has 1 saturated heterocycles. The second-order valence-corrected chi connectivity index (χ2v) is 11.2. The first-order valence-corrected chi connectivity index (χ1v) is 12.1. The zero-order valence-corrected chi connectivity index (χ0v) is 20.3. The molecule has 1 aromatic heterocycles. The summed E-state index contributed by atoms with van der Waals surface area (Å²) in [6.07, 6.45) is 2.36. The number of esters is 1. The van der Waals surface area contributed by atoms with Crippen LogP contribution in [-0.4, -0.2) is 54.9 Å². The van der Waals surface area contributed by atoms with Crippen LogP contribution in [0.1, 0.15) is 53.4 Å². The van der Waals surface area contributed by atoms with Crippen LogP contribution in [-0.2, 0) is 24.3 Å². The van der Waals surface area contributed by atoms with Gasteiger partial charge in [-0.2, -0.15) is 4.31 Å². The van der Waals surface area contributed by atoms with Crippen molar-refractivity contribution >= 4 is 21.9 Å². The Labute approximate surface area is 194 Å². The number of aromatic nitrogens is 1. The molecular formula is C22H32FN3O6S. The number of sulfonamides is 1. The monoisotopic (exact) mass is 485 g/mol. The zero-order chi connectivity index (χ0) is 24.9. The SMILES string of the molecule is CC(C)(C)OC(=O)CCC(=CF)COc1ccc(S(=O)(=O)N2CCC(C)(C(N)=O)CC2)cn1. The second kappa shape index (κ2) is 10.6. The normalized spacial score (nSPS) is 17.4. The number of hydrogen-bond acceptors (Lipinski definition) is 7. The number of pyridine rings is 1. The minimum absolute atomic E-state index is 0.00558. The van der Waals surface area contributed by atoms with Gasteiger partial charge in [0.1, 0.15) is 17.1 Å². The van der Waals surface area contributed by atoms with E-state index in [0.29, 0.717) is 19.2 Å². The predicted octanol–water partition coefficient (Wildman–Crippen LogP) is 2.71. The average Bonchev–Trinajstić information content (AvgIpc) is 2.73. The van der Waals surface area contributed by atoms with Crippen molar-refractivity contribution in [1.29, 1.82) is 0 Å². The first-order valence-electron chi connectivity index (χ1n) is 10.7. The molecule has 1 fully saturated rings. The van der Waals surface area contributed by atoms with E-state index in [1.807, 2.05) is 0 Å². The summed E-state index contributed by atoms with van der Waals surface area (Å²) in [6, 6.07) is 2.74. The lowest BCUT2D eigenvalue weighted by Crippen LogP contribution is -2.47. The number of ether oxygens (including phenoxy) is 2. The molecule has 1 aromatic rings. The van der Waals surface area contributed by atoms with E-state index in [9.17, 15) is 22.4 Å². The van der Waals surface area contributed by atoms with Gasteiger partial charge in [-0.1, -0.05) is 6.92 Å². The molecular weight excluding hydrogens is 453 g/mol. The summed E-state index contributed by atoms with van der Waals surface area (Å²) in [5, 5.41) is 0. The molecule has 0 spiro atoms. The average molecular weight is 486 g/mol. The molecule has 0 bridgehead atoms. The van der Waals surface area contributed by atoms with E-state index in [1.54, 1.807) is 27.7 Å². The van der Waals surface area contributed by atoms with Gasteiger partial charge in [0.15, 0.2) is 0 Å². The fourth-order valence-corrected chi connectivity index (χ4v) is 4.59. The number of hydrogen-bond donors (Lipinski definition) is 1. The Morgan fingerprint density at radius 1 is 1.24 bits per heavy atom. The molecule has 2 rings (SSSR count). The molecule has 2 heterocycles. The summed E-state index contributed by atoms with van der Waals surface area (Å²) in [5.41, 5.74) is 4.33. The molecule has 0 atom stereocenters. The van der Waals surface area contributed by atoms with Gasteiger partial charge in [0.2, 0.25) is 21.8 Å². The summed E-state index contributed by atoms with van der Waals surface area (Å²) < 4.78 is 50.8. The lowest BCUT2D eigenvalue weighted by atomic mass is 9.80. The van der Waals surface area contributed by atoms with Gasteiger partial charge in [-0.05, 0) is 51.7 Å². The Kier molecular flexibility index (Phi) is 8.58. The molecule has 0 aromatic carbocycles. The van der Waals surface area contributed by atoms with Gasteiger partial charge >= 0.3 is 5.97 Å². The van der Waals surface area contributed by atoms with Gasteiger partial charge in [0, 0.05) is 31.0 Å². The number of amides is 1. The van der Waals surface area contributed by atoms with Crippen molar-refractivity contribution in [2.24, 2.45) is 11.1 Å². The van der Waals surface area contributed by atoms with Crippen molar-refractivity contribution in [2.45, 2.75) is 63.9 Å². The van der Waals surface area contributed by atoms with Crippen molar-refractivity contribution in [1.82, 2.24) is 9.29 Å². The number of rotatable bonds is 9. The summed E-state index contributed by atoms with van der Waals surface area (Å²) in [7, 11) is -3.78. The van der Waals surface area contributed by atoms with Crippen LogP contribution >= 0.6 is 0 Å². The molecule has 1 aliphatic rings. The predicted molar refractivity (Wildman–Crippen MR) is 119 cm³/mol. The maximum absolute atomic E-state index is 13.2. The van der Waals surface area contributed by atoms with E-state index in [4.69, 9.17) is 15.2 Å². The summed E-state index contributed by atoms with van der Waals surface area (Å²) in [6.45, 7) is 7.21. The Bertz CT molecular complexity index is 978. The van der Waals surface area contributed by atoms with Crippen LogP contribution < -0.4 is 10.5 Å². The van der Waals surface area contributed by atoms with E-state index < -0.39 is 32.9 Å². The van der Waals surface area contributed by atoms with Crippen LogP contribution in [0.5, 0.6) is 5.88 Å². The maximum atomic E-state index is 13.2. The second-order valence-electron chi connectivity index (χ2n) is 9.30. The van der Waals surface area contributed by atoms with Crippen molar-refractivity contribution in [3.05, 3.63) is 30.2 Å². The number of primary amides is 1. The Balaban J connectivity index is 1.91. The number of nitrogens with zero attached hydrogens (tertiary/aromatic N) is 2. The van der Waals surface area contributed by atoms with Crippen molar-refractivity contribution < 1.29 is 31.9 Å². The Morgan fingerprint density at radius 2 is 1.88 bits per heavy atom. The standard InChI is InChI=1S/C22H32FN3O6S/c1-21(2,3)32-19(27)8-5-16(13-23)15-31-18-7-6-17(14-25-18)33(29,30)26-11-9-22(4,10-12-26)20(24)28/h6-7,13-14H,5,8-12,15H2,1-4H3,(H2,24,28). The fourth-order valence-electron chi connectivity index (χ4n) is 3.20. The molecule has 1 aliphatic heterocycles. The molecule has 0 unspecified atom stereocenters. The minimum Gasteiger partial charge on any atom is -0.473 e. The van der Waals surface area contributed by atoms with E-state index in [2.05, 4.69) is 4.98 Å². The van der Waals surface area contributed by atoms with Crippen LogP contribution in [0.2, 0.25) is 0 Å². The quantitative estimate of drug-likeness (QED) is 0.533. The van der Waals surface area contributed by atoms with Gasteiger partial charge in [-0.25, -0.2) is 17.8 Å². The number of halogens is 1. The topological polar surface area (TPSA) is 129 Å². The largest absolute Gasteiger partial charge is 0.473 e. The highest BCUT2D eigenvalue weighted by Crippen LogP contribution is 2.33. The highest BCUT2D eigenvalue weighted by atomic mass is 32.2. The summed E-state index contributed by atoms with van der Waals surface area (Å²) >= 11 is 0. The molecule has 1 amide bonds. The molecule has 11 heteroatoms. The number of carbonyl (C=O) groups is 2. The van der Waals surface area contributed by atoms with E-state index in [1.165, 1.54) is 22.6 Å². The van der Waals surface area contributed by atoms with Crippen LogP contribution in [0.25, 0.3) is 0 Å². The first-order chi connectivity index (χ1) is 15.3. The maximum Gasteiger partial charge on any atom is 0.306 e. The van der Waals surface area contributed by atoms with Crippen LogP contribution in [0.3, 0.4) is 0 Å². The van der Waals surface area contributed by atoms with Crippen LogP contribution in [0.15, 0.2) is 35.1 Å². The van der Waals surface area contributed by atoms with E-state index in [-0.39, 0.29) is 48.9 Å². The molecule has 2 N–H and O–H groups in total. The van der Waals surface area contributed by atoms with Gasteiger partial charge in [-0.3, -0.25) is 9.59 Å². The number of carbonyl (C=O) groups excluding carboxylic acids is 2. The molecule has 0 saturated carbocycles. The third-order valence-electron chi connectivity index (χ3n) is 5.40. The molecule has 184 valence electrons. The summed E-state index contributed by atoms with van der Waals surface area (Å²) in [4.78, 5) is 27.3. The highest BCUT2D eigenvalue weighted by molar-refractivity contribution is 7.89. The molecule has 0 radical (unpaired) electrons. The molecule has 0 aliphatic carbocycles. The Morgan fingerprint density at radius 3 is 2.36 bits per heavy atom. The first kappa shape index (κ1) is 26.7. The lowest BCUT2D eigenvalue weighted by molar-refractivity contribution is -0.154. The third kappa shape index (κ3) is 7.50. The van der Waals surface area contributed by atoms with E-state index in [0.717, 1.165) is 0 Å².